The number of aromatic nitrogens is 1. The second kappa shape index (κ2) is 5.69. The van der Waals surface area contributed by atoms with Crippen LogP contribution >= 0.6 is 24.0 Å². The first-order chi connectivity index (χ1) is 8.20. The van der Waals surface area contributed by atoms with E-state index < -0.39 is 0 Å². The summed E-state index contributed by atoms with van der Waals surface area (Å²) in [4.78, 5) is 7.04. The Balaban J connectivity index is 2.08. The molecule has 0 bridgehead atoms. The molecule has 0 saturated carbocycles. The van der Waals surface area contributed by atoms with Gasteiger partial charge in [0.2, 0.25) is 0 Å². The molecule has 1 aliphatic rings. The molecular weight excluding hydrogens is 250 g/mol. The maximum atomic E-state index is 5.54. The number of nitrogens with zero attached hydrogens (tertiary/aromatic N) is 2. The van der Waals surface area contributed by atoms with Gasteiger partial charge in [0.15, 0.2) is 0 Å². The summed E-state index contributed by atoms with van der Waals surface area (Å²) in [7, 11) is 0. The van der Waals surface area contributed by atoms with Crippen molar-refractivity contribution in [3.63, 3.8) is 0 Å². The first kappa shape index (κ1) is 12.6. The van der Waals surface area contributed by atoms with Gasteiger partial charge >= 0.3 is 0 Å². The number of thiocarbonyl (C=S) groups is 1. The second-order valence-corrected chi connectivity index (χ2v) is 5.96. The van der Waals surface area contributed by atoms with Crippen molar-refractivity contribution in [3.05, 3.63) is 24.0 Å². The highest BCUT2D eigenvalue weighted by molar-refractivity contribution is 8.00. The third-order valence-electron chi connectivity index (χ3n) is 2.96. The van der Waals surface area contributed by atoms with Crippen molar-refractivity contribution in [2.24, 2.45) is 5.73 Å². The van der Waals surface area contributed by atoms with Crippen LogP contribution in [0.3, 0.4) is 0 Å². The average Bonchev–Trinajstić information content (AvgIpc) is 2.39. The van der Waals surface area contributed by atoms with Gasteiger partial charge in [-0.25, -0.2) is 0 Å². The van der Waals surface area contributed by atoms with E-state index in [0.717, 1.165) is 18.3 Å². The molecule has 2 heterocycles. The van der Waals surface area contributed by atoms with Gasteiger partial charge in [0.05, 0.1) is 17.6 Å². The molecule has 1 fully saturated rings. The Morgan fingerprint density at radius 2 is 2.47 bits per heavy atom. The smallest absolute Gasteiger partial charge is 0.122 e. The number of nitrogens with two attached hydrogens (primary N) is 1. The molecule has 1 atom stereocenters. The van der Waals surface area contributed by atoms with E-state index in [4.69, 9.17) is 18.0 Å². The van der Waals surface area contributed by atoms with Crippen molar-refractivity contribution in [1.29, 1.82) is 0 Å². The summed E-state index contributed by atoms with van der Waals surface area (Å²) in [6, 6.07) is 3.96. The van der Waals surface area contributed by atoms with Crippen molar-refractivity contribution < 1.29 is 0 Å². The van der Waals surface area contributed by atoms with Crippen LogP contribution in [0.4, 0.5) is 5.69 Å². The van der Waals surface area contributed by atoms with E-state index in [1.54, 1.807) is 0 Å². The fraction of sp³-hybridized carbons (Fsp3) is 0.500. The van der Waals surface area contributed by atoms with Crippen LogP contribution in [0.25, 0.3) is 0 Å². The third-order valence-corrected chi connectivity index (χ3v) is 4.54. The molecule has 5 heteroatoms. The Morgan fingerprint density at radius 3 is 3.06 bits per heavy atom. The molecule has 2 N–H and O–H groups in total. The molecule has 0 aliphatic carbocycles. The van der Waals surface area contributed by atoms with Gasteiger partial charge in [-0.15, -0.1) is 0 Å². The highest BCUT2D eigenvalue weighted by atomic mass is 32.2. The summed E-state index contributed by atoms with van der Waals surface area (Å²) >= 11 is 6.96. The molecule has 0 spiro atoms. The Bertz CT molecular complexity index is 391. The number of anilines is 1. The van der Waals surface area contributed by atoms with Crippen molar-refractivity contribution in [1.82, 2.24) is 4.98 Å². The number of pyridine rings is 1. The maximum absolute atomic E-state index is 5.54. The van der Waals surface area contributed by atoms with Crippen LogP contribution in [0.1, 0.15) is 19.0 Å². The summed E-state index contributed by atoms with van der Waals surface area (Å²) in [5, 5.41) is 0.735. The molecule has 1 saturated heterocycles. The highest BCUT2D eigenvalue weighted by Gasteiger charge is 2.19. The SMILES string of the molecule is CCC1CN(c2ccc(C(N)=S)nc2)CCS1. The Hall–Kier alpha value is -0.810. The zero-order valence-electron chi connectivity index (χ0n) is 9.93. The van der Waals surface area contributed by atoms with Crippen LogP contribution in [0, 0.1) is 0 Å². The van der Waals surface area contributed by atoms with Crippen LogP contribution in [0.5, 0.6) is 0 Å². The standard InChI is InChI=1S/C12H17N3S2/c1-2-10-8-15(5-6-17-10)9-3-4-11(12(13)16)14-7-9/h3-4,7,10H,2,5-6,8H2,1H3,(H2,13,16). The lowest BCUT2D eigenvalue weighted by molar-refractivity contribution is 0.727. The van der Waals surface area contributed by atoms with Crippen LogP contribution in [-0.2, 0) is 0 Å². The maximum Gasteiger partial charge on any atom is 0.122 e. The molecule has 0 radical (unpaired) electrons. The molecule has 92 valence electrons. The number of thioether (sulfide) groups is 1. The van der Waals surface area contributed by atoms with Gasteiger partial charge in [0.25, 0.3) is 0 Å². The van der Waals surface area contributed by atoms with E-state index in [1.165, 1.54) is 17.9 Å². The van der Waals surface area contributed by atoms with Gasteiger partial charge in [-0.1, -0.05) is 19.1 Å². The molecule has 2 rings (SSSR count). The average molecular weight is 267 g/mol. The molecule has 1 unspecified atom stereocenters. The number of hydrogen-bond donors (Lipinski definition) is 1. The number of rotatable bonds is 3. The minimum absolute atomic E-state index is 0.359. The van der Waals surface area contributed by atoms with Crippen molar-refractivity contribution in [3.8, 4) is 0 Å². The van der Waals surface area contributed by atoms with E-state index in [-0.39, 0.29) is 0 Å². The van der Waals surface area contributed by atoms with Gasteiger partial charge in [-0.05, 0) is 18.6 Å². The van der Waals surface area contributed by atoms with E-state index in [2.05, 4.69) is 34.6 Å². The highest BCUT2D eigenvalue weighted by Crippen LogP contribution is 2.25. The summed E-state index contributed by atoms with van der Waals surface area (Å²) in [6.07, 6.45) is 3.09. The lowest BCUT2D eigenvalue weighted by Crippen LogP contribution is -2.37. The van der Waals surface area contributed by atoms with Gasteiger partial charge in [0.1, 0.15) is 4.99 Å². The minimum atomic E-state index is 0.359. The monoisotopic (exact) mass is 267 g/mol. The lowest BCUT2D eigenvalue weighted by atomic mass is 10.2. The molecule has 0 amide bonds. The van der Waals surface area contributed by atoms with Gasteiger partial charge in [0, 0.05) is 24.1 Å². The Labute approximate surface area is 112 Å². The summed E-state index contributed by atoms with van der Waals surface area (Å²) < 4.78 is 0. The van der Waals surface area contributed by atoms with Gasteiger partial charge in [-0.3, -0.25) is 4.98 Å². The summed E-state index contributed by atoms with van der Waals surface area (Å²) in [6.45, 7) is 4.44. The largest absolute Gasteiger partial charge is 0.388 e. The van der Waals surface area contributed by atoms with E-state index in [0.29, 0.717) is 10.7 Å². The predicted octanol–water partition coefficient (Wildman–Crippen LogP) is 2.05. The number of hydrogen-bond acceptors (Lipinski definition) is 4. The van der Waals surface area contributed by atoms with Gasteiger partial charge < -0.3 is 10.6 Å². The van der Waals surface area contributed by atoms with Crippen molar-refractivity contribution >= 4 is 34.7 Å². The quantitative estimate of drug-likeness (QED) is 0.849. The zero-order valence-corrected chi connectivity index (χ0v) is 11.6. The zero-order chi connectivity index (χ0) is 12.3. The van der Waals surface area contributed by atoms with Gasteiger partial charge in [-0.2, -0.15) is 11.8 Å². The molecule has 17 heavy (non-hydrogen) atoms. The van der Waals surface area contributed by atoms with E-state index >= 15 is 0 Å². The fourth-order valence-corrected chi connectivity index (χ4v) is 3.22. The van der Waals surface area contributed by atoms with Crippen molar-refractivity contribution in [2.45, 2.75) is 18.6 Å². The molecule has 1 aliphatic heterocycles. The van der Waals surface area contributed by atoms with Crippen LogP contribution in [0.2, 0.25) is 0 Å². The van der Waals surface area contributed by atoms with E-state index in [9.17, 15) is 0 Å². The fourth-order valence-electron chi connectivity index (χ4n) is 1.92. The normalized spacial score (nSPS) is 20.3. The predicted molar refractivity (Wildman–Crippen MR) is 78.9 cm³/mol. The molecular formula is C12H17N3S2. The van der Waals surface area contributed by atoms with Crippen molar-refractivity contribution in [2.75, 3.05) is 23.7 Å². The van der Waals surface area contributed by atoms with Crippen LogP contribution < -0.4 is 10.6 Å². The first-order valence-corrected chi connectivity index (χ1v) is 7.29. The minimum Gasteiger partial charge on any atom is -0.388 e. The van der Waals surface area contributed by atoms with E-state index in [1.807, 2.05) is 12.3 Å². The molecule has 1 aromatic rings. The Morgan fingerprint density at radius 1 is 1.65 bits per heavy atom. The molecule has 0 aromatic carbocycles. The molecule has 1 aromatic heterocycles. The topological polar surface area (TPSA) is 42.1 Å². The summed E-state index contributed by atoms with van der Waals surface area (Å²) in [5.41, 5.74) is 7.40. The Kier molecular flexibility index (Phi) is 4.23. The third kappa shape index (κ3) is 3.10. The lowest BCUT2D eigenvalue weighted by Gasteiger charge is -2.33. The van der Waals surface area contributed by atoms with Crippen LogP contribution in [-0.4, -0.2) is 34.1 Å². The summed E-state index contributed by atoms with van der Waals surface area (Å²) in [5.74, 6) is 1.19. The first-order valence-electron chi connectivity index (χ1n) is 5.83. The molecule has 3 nitrogen and oxygen atoms in total. The second-order valence-electron chi connectivity index (χ2n) is 4.11. The van der Waals surface area contributed by atoms with Crippen LogP contribution in [0.15, 0.2) is 18.3 Å².